The molecule has 140 valence electrons. The fraction of sp³-hybridized carbons (Fsp3) is 0.391. The SMILES string of the molecule is Cc1ccc(CCC(=O)N2CCCC(c3nc4ccccc4n3C)C2)cc1. The molecule has 2 aromatic carbocycles. The summed E-state index contributed by atoms with van der Waals surface area (Å²) in [4.78, 5) is 19.7. The van der Waals surface area contributed by atoms with Gasteiger partial charge in [-0.15, -0.1) is 0 Å². The molecule has 0 radical (unpaired) electrons. The number of para-hydroxylation sites is 2. The quantitative estimate of drug-likeness (QED) is 0.698. The zero-order chi connectivity index (χ0) is 18.8. The number of carbonyl (C=O) groups is 1. The van der Waals surface area contributed by atoms with Crippen LogP contribution in [0.4, 0.5) is 0 Å². The number of imidazole rings is 1. The number of carbonyl (C=O) groups excluding carboxylic acids is 1. The van der Waals surface area contributed by atoms with Crippen molar-refractivity contribution in [3.8, 4) is 0 Å². The summed E-state index contributed by atoms with van der Waals surface area (Å²) in [5, 5.41) is 0. The fourth-order valence-electron chi connectivity index (χ4n) is 4.11. The van der Waals surface area contributed by atoms with E-state index in [1.807, 2.05) is 11.0 Å². The normalized spacial score (nSPS) is 17.4. The van der Waals surface area contributed by atoms with Crippen LogP contribution in [-0.4, -0.2) is 33.4 Å². The van der Waals surface area contributed by atoms with Crippen molar-refractivity contribution in [2.75, 3.05) is 13.1 Å². The second-order valence-corrected chi connectivity index (χ2v) is 7.68. The lowest BCUT2D eigenvalue weighted by molar-refractivity contribution is -0.132. The molecule has 1 unspecified atom stereocenters. The number of aryl methyl sites for hydroxylation is 3. The van der Waals surface area contributed by atoms with Gasteiger partial charge in [0.1, 0.15) is 5.82 Å². The van der Waals surface area contributed by atoms with E-state index in [1.54, 1.807) is 0 Å². The van der Waals surface area contributed by atoms with Gasteiger partial charge < -0.3 is 9.47 Å². The van der Waals surface area contributed by atoms with Gasteiger partial charge in [0.05, 0.1) is 11.0 Å². The van der Waals surface area contributed by atoms with Crippen LogP contribution in [-0.2, 0) is 18.3 Å². The van der Waals surface area contributed by atoms with Crippen molar-refractivity contribution in [3.05, 3.63) is 65.5 Å². The van der Waals surface area contributed by atoms with Gasteiger partial charge in [-0.2, -0.15) is 0 Å². The fourth-order valence-corrected chi connectivity index (χ4v) is 4.11. The third kappa shape index (κ3) is 3.75. The molecule has 1 atom stereocenters. The molecule has 0 bridgehead atoms. The van der Waals surface area contributed by atoms with Crippen LogP contribution in [0, 0.1) is 6.92 Å². The van der Waals surface area contributed by atoms with Crippen molar-refractivity contribution in [1.29, 1.82) is 0 Å². The van der Waals surface area contributed by atoms with Gasteiger partial charge in [-0.25, -0.2) is 4.98 Å². The maximum Gasteiger partial charge on any atom is 0.222 e. The first-order valence-corrected chi connectivity index (χ1v) is 9.86. The van der Waals surface area contributed by atoms with E-state index in [-0.39, 0.29) is 5.91 Å². The number of likely N-dealkylation sites (tertiary alicyclic amines) is 1. The summed E-state index contributed by atoms with van der Waals surface area (Å²) in [5.74, 6) is 1.69. The van der Waals surface area contributed by atoms with Crippen molar-refractivity contribution in [1.82, 2.24) is 14.5 Å². The second kappa shape index (κ2) is 7.55. The Labute approximate surface area is 160 Å². The number of piperidine rings is 1. The predicted molar refractivity (Wildman–Crippen MR) is 109 cm³/mol. The topological polar surface area (TPSA) is 38.1 Å². The van der Waals surface area contributed by atoms with Gasteiger partial charge in [0.15, 0.2) is 0 Å². The van der Waals surface area contributed by atoms with Crippen molar-refractivity contribution < 1.29 is 4.79 Å². The average Bonchev–Trinajstić information content (AvgIpc) is 3.04. The molecule has 0 spiro atoms. The van der Waals surface area contributed by atoms with Crippen LogP contribution in [0.2, 0.25) is 0 Å². The highest BCUT2D eigenvalue weighted by Gasteiger charge is 2.27. The molecular formula is C23H27N3O. The van der Waals surface area contributed by atoms with E-state index in [0.717, 1.165) is 49.2 Å². The molecule has 4 heteroatoms. The van der Waals surface area contributed by atoms with E-state index in [1.165, 1.54) is 11.1 Å². The van der Waals surface area contributed by atoms with E-state index in [0.29, 0.717) is 12.3 Å². The summed E-state index contributed by atoms with van der Waals surface area (Å²) in [6.45, 7) is 3.74. The van der Waals surface area contributed by atoms with Crippen LogP contribution in [0.15, 0.2) is 48.5 Å². The first-order chi connectivity index (χ1) is 13.1. The molecular weight excluding hydrogens is 334 g/mol. The summed E-state index contributed by atoms with van der Waals surface area (Å²) >= 11 is 0. The highest BCUT2D eigenvalue weighted by molar-refractivity contribution is 5.77. The maximum absolute atomic E-state index is 12.8. The van der Waals surface area contributed by atoms with Crippen LogP contribution >= 0.6 is 0 Å². The summed E-state index contributed by atoms with van der Waals surface area (Å²) in [7, 11) is 2.09. The van der Waals surface area contributed by atoms with Crippen molar-refractivity contribution in [2.45, 2.75) is 38.5 Å². The lowest BCUT2D eigenvalue weighted by Gasteiger charge is -2.32. The number of aromatic nitrogens is 2. The van der Waals surface area contributed by atoms with Crippen LogP contribution < -0.4 is 0 Å². The van der Waals surface area contributed by atoms with Crippen molar-refractivity contribution in [2.24, 2.45) is 7.05 Å². The Morgan fingerprint density at radius 3 is 2.70 bits per heavy atom. The van der Waals surface area contributed by atoms with Gasteiger partial charge in [-0.3, -0.25) is 4.79 Å². The van der Waals surface area contributed by atoms with E-state index < -0.39 is 0 Å². The molecule has 4 nitrogen and oxygen atoms in total. The number of rotatable bonds is 4. The Bertz CT molecular complexity index is 942. The summed E-state index contributed by atoms with van der Waals surface area (Å²) < 4.78 is 2.19. The van der Waals surface area contributed by atoms with Crippen molar-refractivity contribution in [3.63, 3.8) is 0 Å². The van der Waals surface area contributed by atoms with Gasteiger partial charge in [-0.05, 0) is 43.9 Å². The lowest BCUT2D eigenvalue weighted by Crippen LogP contribution is -2.39. The molecule has 4 rings (SSSR count). The largest absolute Gasteiger partial charge is 0.342 e. The van der Waals surface area contributed by atoms with Crippen LogP contribution in [0.3, 0.4) is 0 Å². The first-order valence-electron chi connectivity index (χ1n) is 9.86. The molecule has 2 heterocycles. The number of fused-ring (bicyclic) bond motifs is 1. The molecule has 0 N–H and O–H groups in total. The second-order valence-electron chi connectivity index (χ2n) is 7.68. The Balaban J connectivity index is 1.43. The number of hydrogen-bond acceptors (Lipinski definition) is 2. The summed E-state index contributed by atoms with van der Waals surface area (Å²) in [6.07, 6.45) is 3.54. The Morgan fingerprint density at radius 1 is 1.15 bits per heavy atom. The molecule has 1 aromatic heterocycles. The predicted octanol–water partition coefficient (Wildman–Crippen LogP) is 4.22. The van der Waals surface area contributed by atoms with E-state index >= 15 is 0 Å². The molecule has 1 amide bonds. The van der Waals surface area contributed by atoms with Gasteiger partial charge >= 0.3 is 0 Å². The molecule has 1 fully saturated rings. The lowest BCUT2D eigenvalue weighted by atomic mass is 9.96. The number of hydrogen-bond donors (Lipinski definition) is 0. The Hall–Kier alpha value is -2.62. The smallest absolute Gasteiger partial charge is 0.222 e. The van der Waals surface area contributed by atoms with Crippen LogP contribution in [0.5, 0.6) is 0 Å². The van der Waals surface area contributed by atoms with Gasteiger partial charge in [0.25, 0.3) is 0 Å². The first kappa shape index (κ1) is 17.8. The highest BCUT2D eigenvalue weighted by Crippen LogP contribution is 2.29. The standard InChI is InChI=1S/C23H27N3O/c1-17-9-11-18(12-10-17)13-14-22(27)26-15-5-6-19(16-26)23-24-20-7-3-4-8-21(20)25(23)2/h3-4,7-12,19H,5-6,13-16H2,1-2H3. The highest BCUT2D eigenvalue weighted by atomic mass is 16.2. The molecule has 27 heavy (non-hydrogen) atoms. The summed E-state index contributed by atoms with van der Waals surface area (Å²) in [5.41, 5.74) is 4.69. The van der Waals surface area contributed by atoms with E-state index in [4.69, 9.17) is 4.98 Å². The monoisotopic (exact) mass is 361 g/mol. The van der Waals surface area contributed by atoms with Gasteiger partial charge in [-0.1, -0.05) is 42.0 Å². The molecule has 0 saturated carbocycles. The van der Waals surface area contributed by atoms with Crippen LogP contribution in [0.25, 0.3) is 11.0 Å². The molecule has 0 aliphatic carbocycles. The maximum atomic E-state index is 12.8. The zero-order valence-corrected chi connectivity index (χ0v) is 16.2. The molecule has 1 aliphatic rings. The van der Waals surface area contributed by atoms with E-state index in [9.17, 15) is 4.79 Å². The number of nitrogens with zero attached hydrogens (tertiary/aromatic N) is 3. The third-order valence-electron chi connectivity index (χ3n) is 5.71. The number of benzene rings is 2. The number of amides is 1. The minimum atomic E-state index is 0.263. The van der Waals surface area contributed by atoms with Gasteiger partial charge in [0.2, 0.25) is 5.91 Å². The minimum absolute atomic E-state index is 0.263. The Morgan fingerprint density at radius 2 is 1.93 bits per heavy atom. The van der Waals surface area contributed by atoms with Crippen LogP contribution in [0.1, 0.15) is 42.1 Å². The third-order valence-corrected chi connectivity index (χ3v) is 5.71. The zero-order valence-electron chi connectivity index (χ0n) is 16.2. The molecule has 3 aromatic rings. The summed E-state index contributed by atoms with van der Waals surface area (Å²) in [6, 6.07) is 16.7. The average molecular weight is 361 g/mol. The minimum Gasteiger partial charge on any atom is -0.342 e. The molecule has 1 aliphatic heterocycles. The molecule has 1 saturated heterocycles. The van der Waals surface area contributed by atoms with Crippen molar-refractivity contribution >= 4 is 16.9 Å². The van der Waals surface area contributed by atoms with E-state index in [2.05, 4.69) is 61.0 Å². The van der Waals surface area contributed by atoms with Gasteiger partial charge in [0, 0.05) is 32.5 Å². The Kier molecular flexibility index (Phi) is 4.97.